The van der Waals surface area contributed by atoms with Crippen molar-refractivity contribution in [3.63, 3.8) is 0 Å². The Morgan fingerprint density at radius 1 is 1.28 bits per heavy atom. The Kier molecular flexibility index (Phi) is 4.64. The van der Waals surface area contributed by atoms with Gasteiger partial charge in [0.05, 0.1) is 6.20 Å². The fourth-order valence-electron chi connectivity index (χ4n) is 2.49. The van der Waals surface area contributed by atoms with Crippen molar-refractivity contribution >= 4 is 17.5 Å². The summed E-state index contributed by atoms with van der Waals surface area (Å²) in [5.74, 6) is 0.134. The second kappa shape index (κ2) is 7.04. The number of aryl methyl sites for hydroxylation is 1. The highest BCUT2D eigenvalue weighted by atomic mass is 16.3. The molecule has 0 bridgehead atoms. The average molecular weight is 342 g/mol. The average Bonchev–Trinajstić information content (AvgIpc) is 2.98. The third-order valence-electron chi connectivity index (χ3n) is 3.78. The molecule has 2 aromatic heterocycles. The molecule has 0 spiro atoms. The molecule has 0 aliphatic rings. The summed E-state index contributed by atoms with van der Waals surface area (Å²) in [6.07, 6.45) is 2.89. The predicted octanol–water partition coefficient (Wildman–Crippen LogP) is -0.00310. The first kappa shape index (κ1) is 16.5. The number of carbonyl (C=O) groups is 1. The zero-order valence-corrected chi connectivity index (χ0v) is 13.4. The Balaban J connectivity index is 1.52. The van der Waals surface area contributed by atoms with Crippen LogP contribution in [-0.2, 0) is 17.6 Å². The van der Waals surface area contributed by atoms with Crippen LogP contribution in [-0.4, -0.2) is 37.1 Å². The number of aromatic nitrogens is 4. The van der Waals surface area contributed by atoms with Gasteiger partial charge in [0.25, 0.3) is 0 Å². The molecule has 130 valence electrons. The molecule has 0 saturated carbocycles. The Bertz CT molecular complexity index is 945. The number of nitrogen functional groups attached to an aromatic ring is 1. The summed E-state index contributed by atoms with van der Waals surface area (Å²) < 4.78 is 1.12. The van der Waals surface area contributed by atoms with Gasteiger partial charge in [-0.15, -0.1) is 0 Å². The second-order valence-corrected chi connectivity index (χ2v) is 5.60. The van der Waals surface area contributed by atoms with Gasteiger partial charge in [-0.3, -0.25) is 4.79 Å². The summed E-state index contributed by atoms with van der Waals surface area (Å²) in [5, 5.41) is 16.0. The second-order valence-electron chi connectivity index (χ2n) is 5.60. The standard InChI is InChI=1S/C16H18N6O3/c17-15-20-14-11(9-19-22(14)16(25)21-15)3-6-13(24)18-8-7-10-1-4-12(23)5-2-10/h1-2,4-5,9,23H,3,6-8H2,(H,18,24)(H3,17,20,21,25). The lowest BCUT2D eigenvalue weighted by Gasteiger charge is -2.05. The van der Waals surface area contributed by atoms with Crippen LogP contribution in [0.15, 0.2) is 35.3 Å². The van der Waals surface area contributed by atoms with Crippen molar-refractivity contribution in [2.45, 2.75) is 19.3 Å². The van der Waals surface area contributed by atoms with Gasteiger partial charge in [-0.25, -0.2) is 4.79 Å². The lowest BCUT2D eigenvalue weighted by atomic mass is 10.1. The SMILES string of the molecule is Nc1nc(=O)n2ncc(CCC(=O)NCCc3ccc(O)cc3)c2[nH]1. The van der Waals surface area contributed by atoms with E-state index in [0.717, 1.165) is 15.6 Å². The van der Waals surface area contributed by atoms with E-state index in [-0.39, 0.29) is 24.0 Å². The van der Waals surface area contributed by atoms with Gasteiger partial charge in [0.15, 0.2) is 0 Å². The number of nitrogens with two attached hydrogens (primary N) is 1. The fourth-order valence-corrected chi connectivity index (χ4v) is 2.49. The summed E-state index contributed by atoms with van der Waals surface area (Å²) >= 11 is 0. The molecule has 5 N–H and O–H groups in total. The topological polar surface area (TPSA) is 138 Å². The molecule has 1 aromatic carbocycles. The molecule has 0 saturated heterocycles. The van der Waals surface area contributed by atoms with Crippen LogP contribution in [0.4, 0.5) is 5.95 Å². The van der Waals surface area contributed by atoms with Gasteiger partial charge in [0.1, 0.15) is 11.4 Å². The molecular formula is C16H18N6O3. The molecule has 0 unspecified atom stereocenters. The minimum atomic E-state index is -0.559. The first-order chi connectivity index (χ1) is 12.0. The Labute approximate surface area is 142 Å². The van der Waals surface area contributed by atoms with Crippen LogP contribution in [0.5, 0.6) is 5.75 Å². The number of H-pyrrole nitrogens is 1. The van der Waals surface area contributed by atoms with Crippen molar-refractivity contribution in [1.29, 1.82) is 0 Å². The van der Waals surface area contributed by atoms with Gasteiger partial charge in [-0.05, 0) is 30.5 Å². The van der Waals surface area contributed by atoms with E-state index in [1.54, 1.807) is 12.1 Å². The molecule has 0 aliphatic carbocycles. The molecule has 3 rings (SSSR count). The number of carbonyl (C=O) groups excluding carboxylic acids is 1. The van der Waals surface area contributed by atoms with Crippen molar-refractivity contribution in [3.8, 4) is 5.75 Å². The monoisotopic (exact) mass is 342 g/mol. The molecular weight excluding hydrogens is 324 g/mol. The number of aromatic hydroxyl groups is 1. The molecule has 2 heterocycles. The summed E-state index contributed by atoms with van der Waals surface area (Å²) in [7, 11) is 0. The summed E-state index contributed by atoms with van der Waals surface area (Å²) in [5.41, 5.74) is 7.18. The molecule has 1 amide bonds. The first-order valence-corrected chi connectivity index (χ1v) is 7.80. The van der Waals surface area contributed by atoms with Crippen LogP contribution >= 0.6 is 0 Å². The van der Waals surface area contributed by atoms with Crippen LogP contribution in [0.3, 0.4) is 0 Å². The third kappa shape index (κ3) is 3.94. The molecule has 9 heteroatoms. The van der Waals surface area contributed by atoms with Gasteiger partial charge in [0.2, 0.25) is 11.9 Å². The van der Waals surface area contributed by atoms with Crippen molar-refractivity contribution < 1.29 is 9.90 Å². The minimum absolute atomic E-state index is 0.0117. The van der Waals surface area contributed by atoms with E-state index >= 15 is 0 Å². The van der Waals surface area contributed by atoms with Crippen LogP contribution in [0, 0.1) is 0 Å². The van der Waals surface area contributed by atoms with Crippen molar-refractivity contribution in [2.24, 2.45) is 0 Å². The fraction of sp³-hybridized carbons (Fsp3) is 0.250. The van der Waals surface area contributed by atoms with Crippen molar-refractivity contribution in [1.82, 2.24) is 24.9 Å². The zero-order valence-electron chi connectivity index (χ0n) is 13.4. The van der Waals surface area contributed by atoms with Crippen molar-refractivity contribution in [3.05, 3.63) is 52.1 Å². The van der Waals surface area contributed by atoms with Gasteiger partial charge < -0.3 is 21.1 Å². The Morgan fingerprint density at radius 3 is 2.80 bits per heavy atom. The molecule has 0 atom stereocenters. The van der Waals surface area contributed by atoms with E-state index in [4.69, 9.17) is 5.73 Å². The number of amides is 1. The number of anilines is 1. The Morgan fingerprint density at radius 2 is 2.04 bits per heavy atom. The van der Waals surface area contributed by atoms with Gasteiger partial charge in [-0.1, -0.05) is 12.1 Å². The number of nitrogens with one attached hydrogen (secondary N) is 2. The van der Waals surface area contributed by atoms with E-state index in [2.05, 4.69) is 20.4 Å². The van der Waals surface area contributed by atoms with Crippen molar-refractivity contribution in [2.75, 3.05) is 12.3 Å². The van der Waals surface area contributed by atoms with E-state index in [1.807, 2.05) is 12.1 Å². The van der Waals surface area contributed by atoms with Gasteiger partial charge in [0, 0.05) is 18.5 Å². The van der Waals surface area contributed by atoms with E-state index in [0.29, 0.717) is 25.0 Å². The normalized spacial score (nSPS) is 10.9. The number of hydrogen-bond donors (Lipinski definition) is 4. The highest BCUT2D eigenvalue weighted by Gasteiger charge is 2.10. The van der Waals surface area contributed by atoms with E-state index in [1.165, 1.54) is 6.20 Å². The summed E-state index contributed by atoms with van der Waals surface area (Å²) in [6, 6.07) is 6.86. The Hall–Kier alpha value is -3.36. The predicted molar refractivity (Wildman–Crippen MR) is 91.2 cm³/mol. The molecule has 0 radical (unpaired) electrons. The van der Waals surface area contributed by atoms with E-state index in [9.17, 15) is 14.7 Å². The van der Waals surface area contributed by atoms with Gasteiger partial charge in [-0.2, -0.15) is 14.6 Å². The smallest absolute Gasteiger partial charge is 0.373 e. The quantitative estimate of drug-likeness (QED) is 0.497. The van der Waals surface area contributed by atoms with E-state index < -0.39 is 5.69 Å². The van der Waals surface area contributed by atoms with Crippen LogP contribution in [0.25, 0.3) is 5.65 Å². The lowest BCUT2D eigenvalue weighted by molar-refractivity contribution is -0.121. The number of benzene rings is 1. The van der Waals surface area contributed by atoms with Gasteiger partial charge >= 0.3 is 5.69 Å². The zero-order chi connectivity index (χ0) is 17.8. The molecule has 25 heavy (non-hydrogen) atoms. The number of aromatic amines is 1. The highest BCUT2D eigenvalue weighted by molar-refractivity contribution is 5.76. The molecule has 9 nitrogen and oxygen atoms in total. The molecule has 0 fully saturated rings. The largest absolute Gasteiger partial charge is 0.508 e. The number of fused-ring (bicyclic) bond motifs is 1. The number of phenols is 1. The van der Waals surface area contributed by atoms with Crippen LogP contribution in [0.2, 0.25) is 0 Å². The summed E-state index contributed by atoms with van der Waals surface area (Å²) in [6.45, 7) is 0.506. The number of phenolic OH excluding ortho intramolecular Hbond substituents is 1. The third-order valence-corrected chi connectivity index (χ3v) is 3.78. The molecule has 0 aliphatic heterocycles. The maximum Gasteiger partial charge on any atom is 0.373 e. The first-order valence-electron chi connectivity index (χ1n) is 7.80. The minimum Gasteiger partial charge on any atom is -0.508 e. The number of nitrogens with zero attached hydrogens (tertiary/aromatic N) is 3. The molecule has 3 aromatic rings. The maximum atomic E-state index is 12.0. The highest BCUT2D eigenvalue weighted by Crippen LogP contribution is 2.10. The lowest BCUT2D eigenvalue weighted by Crippen LogP contribution is -2.26. The van der Waals surface area contributed by atoms with Crippen LogP contribution < -0.4 is 16.7 Å². The maximum absolute atomic E-state index is 12.0. The van der Waals surface area contributed by atoms with Crippen LogP contribution in [0.1, 0.15) is 17.5 Å². The summed E-state index contributed by atoms with van der Waals surface area (Å²) in [4.78, 5) is 30.0. The number of rotatable bonds is 6. The number of hydrogen-bond acceptors (Lipinski definition) is 6.